The lowest BCUT2D eigenvalue weighted by Gasteiger charge is -2.16. The molecule has 0 heterocycles. The van der Waals surface area contributed by atoms with Crippen molar-refractivity contribution in [3.63, 3.8) is 0 Å². The summed E-state index contributed by atoms with van der Waals surface area (Å²) < 4.78 is 10.0. The molecule has 0 unspecified atom stereocenters. The summed E-state index contributed by atoms with van der Waals surface area (Å²) in [7, 11) is 1.53. The van der Waals surface area contributed by atoms with Crippen molar-refractivity contribution in [2.45, 2.75) is 13.0 Å². The van der Waals surface area contributed by atoms with Gasteiger partial charge < -0.3 is 14.8 Å². The van der Waals surface area contributed by atoms with E-state index in [0.717, 1.165) is 5.56 Å². The maximum absolute atomic E-state index is 12.0. The van der Waals surface area contributed by atoms with E-state index in [1.54, 1.807) is 49.4 Å². The molecular weight excluding hydrogens is 365 g/mol. The number of hydrogen-bond donors (Lipinski definition) is 1. The highest BCUT2D eigenvalue weighted by atomic mass is 35.5. The number of ether oxygens (including phenoxy) is 2. The number of carbonyl (C=O) groups excluding carboxylic acids is 2. The summed E-state index contributed by atoms with van der Waals surface area (Å²) in [6.45, 7) is 1.39. The Morgan fingerprint density at radius 2 is 1.80 bits per heavy atom. The van der Waals surface area contributed by atoms with Crippen LogP contribution >= 0.6 is 23.2 Å². The molecule has 132 valence electrons. The third-order valence-corrected chi connectivity index (χ3v) is 4.03. The highest BCUT2D eigenvalue weighted by molar-refractivity contribution is 6.35. The monoisotopic (exact) mass is 381 g/mol. The molecule has 0 aliphatic heterocycles. The molecule has 0 radical (unpaired) electrons. The molecule has 0 aliphatic rings. The van der Waals surface area contributed by atoms with E-state index in [1.807, 2.05) is 0 Å². The van der Waals surface area contributed by atoms with E-state index in [1.165, 1.54) is 7.11 Å². The van der Waals surface area contributed by atoms with E-state index in [-0.39, 0.29) is 12.6 Å². The predicted molar refractivity (Wildman–Crippen MR) is 96.3 cm³/mol. The van der Waals surface area contributed by atoms with E-state index in [4.69, 9.17) is 32.7 Å². The number of halogens is 2. The highest BCUT2D eigenvalue weighted by Crippen LogP contribution is 2.26. The Morgan fingerprint density at radius 3 is 2.40 bits per heavy atom. The van der Waals surface area contributed by atoms with Crippen LogP contribution in [0.15, 0.2) is 42.5 Å². The van der Waals surface area contributed by atoms with E-state index >= 15 is 0 Å². The number of amides is 1. The lowest BCUT2D eigenvalue weighted by atomic mass is 10.1. The zero-order valence-corrected chi connectivity index (χ0v) is 15.2. The van der Waals surface area contributed by atoms with Crippen molar-refractivity contribution in [3.05, 3.63) is 63.6 Å². The van der Waals surface area contributed by atoms with Crippen LogP contribution in [0, 0.1) is 0 Å². The van der Waals surface area contributed by atoms with Crippen molar-refractivity contribution in [1.29, 1.82) is 0 Å². The molecule has 1 amide bonds. The molecule has 2 rings (SSSR count). The Balaban J connectivity index is 1.88. The lowest BCUT2D eigenvalue weighted by molar-refractivity contribution is -0.124. The molecule has 0 aliphatic carbocycles. The molecule has 0 bridgehead atoms. The van der Waals surface area contributed by atoms with Gasteiger partial charge in [0.1, 0.15) is 5.75 Å². The molecule has 0 saturated heterocycles. The van der Waals surface area contributed by atoms with Gasteiger partial charge in [0, 0.05) is 10.0 Å². The highest BCUT2D eigenvalue weighted by Gasteiger charge is 2.15. The Hall–Kier alpha value is -2.24. The van der Waals surface area contributed by atoms with Crippen LogP contribution in [0.1, 0.15) is 28.9 Å². The zero-order valence-electron chi connectivity index (χ0n) is 13.7. The van der Waals surface area contributed by atoms with E-state index < -0.39 is 11.9 Å². The van der Waals surface area contributed by atoms with Crippen molar-refractivity contribution < 1.29 is 19.1 Å². The van der Waals surface area contributed by atoms with Crippen LogP contribution in [0.5, 0.6) is 5.75 Å². The molecule has 5 nitrogen and oxygen atoms in total. The first kappa shape index (κ1) is 19.1. The van der Waals surface area contributed by atoms with Crippen LogP contribution in [-0.4, -0.2) is 25.6 Å². The van der Waals surface area contributed by atoms with Gasteiger partial charge in [0.25, 0.3) is 5.91 Å². The van der Waals surface area contributed by atoms with Gasteiger partial charge in [-0.05, 0) is 48.9 Å². The van der Waals surface area contributed by atoms with Gasteiger partial charge in [-0.25, -0.2) is 4.79 Å². The first-order chi connectivity index (χ1) is 11.9. The van der Waals surface area contributed by atoms with E-state index in [0.29, 0.717) is 21.4 Å². The smallest absolute Gasteiger partial charge is 0.338 e. The standard InChI is InChI=1S/C18H17Cl2NO4/c1-11(15-8-5-13(19)9-16(15)20)21-17(22)10-25-18(23)12-3-6-14(24-2)7-4-12/h3-9,11H,10H2,1-2H3,(H,21,22)/t11-/m1/s1. The number of benzene rings is 2. The quantitative estimate of drug-likeness (QED) is 0.766. The summed E-state index contributed by atoms with van der Waals surface area (Å²) in [5, 5.41) is 3.69. The second-order valence-electron chi connectivity index (χ2n) is 5.26. The molecule has 2 aromatic rings. The summed E-state index contributed by atoms with van der Waals surface area (Å²) >= 11 is 12.0. The Kier molecular flexibility index (Phi) is 6.67. The second-order valence-corrected chi connectivity index (χ2v) is 6.10. The molecule has 1 N–H and O–H groups in total. The SMILES string of the molecule is COc1ccc(C(=O)OCC(=O)N[C@H](C)c2ccc(Cl)cc2Cl)cc1. The van der Waals surface area contributed by atoms with Crippen LogP contribution in [0.4, 0.5) is 0 Å². The van der Waals surface area contributed by atoms with Crippen molar-refractivity contribution in [2.75, 3.05) is 13.7 Å². The molecule has 0 spiro atoms. The minimum Gasteiger partial charge on any atom is -0.497 e. The van der Waals surface area contributed by atoms with Crippen molar-refractivity contribution in [1.82, 2.24) is 5.32 Å². The van der Waals surface area contributed by atoms with Gasteiger partial charge in [-0.15, -0.1) is 0 Å². The van der Waals surface area contributed by atoms with E-state index in [9.17, 15) is 9.59 Å². The predicted octanol–water partition coefficient (Wildman–Crippen LogP) is 4.04. The first-order valence-corrected chi connectivity index (χ1v) is 8.21. The van der Waals surface area contributed by atoms with Crippen LogP contribution < -0.4 is 10.1 Å². The topological polar surface area (TPSA) is 64.6 Å². The van der Waals surface area contributed by atoms with Gasteiger partial charge in [0.2, 0.25) is 0 Å². The number of rotatable bonds is 6. The van der Waals surface area contributed by atoms with Crippen molar-refractivity contribution >= 4 is 35.1 Å². The Labute approximate surface area is 155 Å². The van der Waals surface area contributed by atoms with E-state index in [2.05, 4.69) is 5.32 Å². The summed E-state index contributed by atoms with van der Waals surface area (Å²) in [5.74, 6) is -0.390. The number of nitrogens with one attached hydrogen (secondary N) is 1. The van der Waals surface area contributed by atoms with Gasteiger partial charge in [0.05, 0.1) is 18.7 Å². The summed E-state index contributed by atoms with van der Waals surface area (Å²) in [5.41, 5.74) is 1.06. The second kappa shape index (κ2) is 8.74. The molecule has 0 aromatic heterocycles. The Bertz CT molecular complexity index is 762. The third-order valence-electron chi connectivity index (χ3n) is 3.47. The fraction of sp³-hybridized carbons (Fsp3) is 0.222. The maximum Gasteiger partial charge on any atom is 0.338 e. The van der Waals surface area contributed by atoms with Crippen LogP contribution in [0.3, 0.4) is 0 Å². The number of hydrogen-bond acceptors (Lipinski definition) is 4. The van der Waals surface area contributed by atoms with Gasteiger partial charge in [-0.3, -0.25) is 4.79 Å². The van der Waals surface area contributed by atoms with Crippen molar-refractivity contribution in [2.24, 2.45) is 0 Å². The Morgan fingerprint density at radius 1 is 1.12 bits per heavy atom. The number of carbonyl (C=O) groups is 2. The minimum atomic E-state index is -0.588. The number of esters is 1. The molecule has 0 saturated carbocycles. The maximum atomic E-state index is 12.0. The molecule has 1 atom stereocenters. The summed E-state index contributed by atoms with van der Waals surface area (Å²) in [4.78, 5) is 23.9. The average molecular weight is 382 g/mol. The summed E-state index contributed by atoms with van der Waals surface area (Å²) in [6.07, 6.45) is 0. The first-order valence-electron chi connectivity index (χ1n) is 7.46. The molecule has 7 heteroatoms. The fourth-order valence-corrected chi connectivity index (χ4v) is 2.73. The normalized spacial score (nSPS) is 11.5. The summed E-state index contributed by atoms with van der Waals surface area (Å²) in [6, 6.07) is 11.1. The van der Waals surface area contributed by atoms with Gasteiger partial charge in [-0.2, -0.15) is 0 Å². The zero-order chi connectivity index (χ0) is 18.4. The lowest BCUT2D eigenvalue weighted by Crippen LogP contribution is -2.31. The van der Waals surface area contributed by atoms with Gasteiger partial charge in [0.15, 0.2) is 6.61 Å². The molecular formula is C18H17Cl2NO4. The van der Waals surface area contributed by atoms with Gasteiger partial charge in [-0.1, -0.05) is 29.3 Å². The fourth-order valence-electron chi connectivity index (χ4n) is 2.16. The van der Waals surface area contributed by atoms with Crippen molar-refractivity contribution in [3.8, 4) is 5.75 Å². The largest absolute Gasteiger partial charge is 0.497 e. The average Bonchev–Trinajstić information content (AvgIpc) is 2.59. The molecule has 2 aromatic carbocycles. The molecule has 25 heavy (non-hydrogen) atoms. The van der Waals surface area contributed by atoms with Crippen LogP contribution in [-0.2, 0) is 9.53 Å². The van der Waals surface area contributed by atoms with Crippen LogP contribution in [0.2, 0.25) is 10.0 Å². The number of methoxy groups -OCH3 is 1. The van der Waals surface area contributed by atoms with Gasteiger partial charge >= 0.3 is 5.97 Å². The molecule has 0 fully saturated rings. The third kappa shape index (κ3) is 5.37. The minimum absolute atomic E-state index is 0.336. The van der Waals surface area contributed by atoms with Crippen LogP contribution in [0.25, 0.3) is 0 Å².